The van der Waals surface area contributed by atoms with Crippen LogP contribution in [-0.4, -0.2) is 13.2 Å². The number of rotatable bonds is 9. The molecular formula is C15H22ClNO. The lowest BCUT2D eigenvalue weighted by Gasteiger charge is -2.18. The van der Waals surface area contributed by atoms with Crippen LogP contribution in [0.2, 0.25) is 5.02 Å². The summed E-state index contributed by atoms with van der Waals surface area (Å²) in [5, 5.41) is 4.34. The normalized spacial score (nSPS) is 12.1. The Morgan fingerprint density at radius 2 is 2.11 bits per heavy atom. The Morgan fingerprint density at radius 3 is 2.72 bits per heavy atom. The van der Waals surface area contributed by atoms with Crippen molar-refractivity contribution in [1.29, 1.82) is 0 Å². The molecule has 18 heavy (non-hydrogen) atoms. The van der Waals surface area contributed by atoms with Crippen molar-refractivity contribution >= 4 is 11.6 Å². The predicted octanol–water partition coefficient (Wildman–Crippen LogP) is 4.32. The molecule has 0 aromatic heterocycles. The molecule has 0 aliphatic rings. The number of hydrogen-bond acceptors (Lipinski definition) is 2. The van der Waals surface area contributed by atoms with Crippen molar-refractivity contribution in [1.82, 2.24) is 5.32 Å². The van der Waals surface area contributed by atoms with Gasteiger partial charge in [-0.3, -0.25) is 0 Å². The summed E-state index contributed by atoms with van der Waals surface area (Å²) in [4.78, 5) is 0. The lowest BCUT2D eigenvalue weighted by Crippen LogP contribution is -2.23. The zero-order valence-electron chi connectivity index (χ0n) is 11.0. The van der Waals surface area contributed by atoms with Crippen LogP contribution in [0.25, 0.3) is 0 Å². The van der Waals surface area contributed by atoms with E-state index in [1.165, 1.54) is 11.8 Å². The maximum absolute atomic E-state index is 5.91. The van der Waals surface area contributed by atoms with E-state index in [-0.39, 0.29) is 0 Å². The van der Waals surface area contributed by atoms with Crippen LogP contribution in [-0.2, 0) is 4.74 Å². The largest absolute Gasteiger partial charge is 0.502 e. The molecule has 0 radical (unpaired) electrons. The quantitative estimate of drug-likeness (QED) is 0.531. The van der Waals surface area contributed by atoms with E-state index < -0.39 is 0 Å². The summed E-state index contributed by atoms with van der Waals surface area (Å²) in [7, 11) is 0. The third kappa shape index (κ3) is 5.56. The van der Waals surface area contributed by atoms with Gasteiger partial charge in [0.25, 0.3) is 0 Å². The van der Waals surface area contributed by atoms with Crippen molar-refractivity contribution in [3.8, 4) is 0 Å². The number of benzene rings is 1. The average molecular weight is 268 g/mol. The lowest BCUT2D eigenvalue weighted by molar-refractivity contribution is 0.242. The molecule has 0 amide bonds. The first-order valence-corrected chi connectivity index (χ1v) is 6.87. The summed E-state index contributed by atoms with van der Waals surface area (Å²) in [5.41, 5.74) is 1.30. The van der Waals surface area contributed by atoms with Gasteiger partial charge in [0.1, 0.15) is 0 Å². The third-order valence-corrected chi connectivity index (χ3v) is 3.05. The van der Waals surface area contributed by atoms with Crippen molar-refractivity contribution in [2.75, 3.05) is 13.2 Å². The highest BCUT2D eigenvalue weighted by atomic mass is 35.5. The first-order chi connectivity index (χ1) is 8.77. The van der Waals surface area contributed by atoms with Gasteiger partial charge in [0.05, 0.1) is 12.9 Å². The second-order valence-electron chi connectivity index (χ2n) is 4.24. The van der Waals surface area contributed by atoms with Crippen LogP contribution in [0.5, 0.6) is 0 Å². The van der Waals surface area contributed by atoms with Gasteiger partial charge in [-0.05, 0) is 37.1 Å². The molecule has 0 bridgehead atoms. The minimum atomic E-state index is 0.399. The SMILES string of the molecule is C=COCCCNC(CCC)c1ccc(Cl)cc1. The van der Waals surface area contributed by atoms with E-state index in [1.54, 1.807) is 0 Å². The monoisotopic (exact) mass is 267 g/mol. The van der Waals surface area contributed by atoms with Crippen LogP contribution < -0.4 is 5.32 Å². The summed E-state index contributed by atoms with van der Waals surface area (Å²) in [6.45, 7) is 7.39. The van der Waals surface area contributed by atoms with Gasteiger partial charge in [-0.15, -0.1) is 0 Å². The highest BCUT2D eigenvalue weighted by Crippen LogP contribution is 2.20. The first kappa shape index (κ1) is 15.1. The molecule has 0 spiro atoms. The Hall–Kier alpha value is -0.990. The Kier molecular flexibility index (Phi) is 7.54. The molecule has 0 heterocycles. The molecule has 0 fully saturated rings. The standard InChI is InChI=1S/C15H22ClNO/c1-3-6-15(17-11-5-12-18-4-2)13-7-9-14(16)10-8-13/h4,7-10,15,17H,2-3,5-6,11-12H2,1H3. The van der Waals surface area contributed by atoms with Gasteiger partial charge in [0.15, 0.2) is 0 Å². The van der Waals surface area contributed by atoms with Gasteiger partial charge < -0.3 is 10.1 Å². The van der Waals surface area contributed by atoms with Crippen molar-refractivity contribution < 1.29 is 4.74 Å². The smallest absolute Gasteiger partial charge is 0.0885 e. The summed E-state index contributed by atoms with van der Waals surface area (Å²) < 4.78 is 5.10. The molecule has 2 nitrogen and oxygen atoms in total. The van der Waals surface area contributed by atoms with Crippen LogP contribution in [0.1, 0.15) is 37.8 Å². The highest BCUT2D eigenvalue weighted by molar-refractivity contribution is 6.30. The molecule has 1 rings (SSSR count). The molecule has 1 N–H and O–H groups in total. The number of halogens is 1. The van der Waals surface area contributed by atoms with Crippen molar-refractivity contribution in [3.63, 3.8) is 0 Å². The summed E-state index contributed by atoms with van der Waals surface area (Å²) >= 11 is 5.91. The molecular weight excluding hydrogens is 246 g/mol. The first-order valence-electron chi connectivity index (χ1n) is 6.49. The van der Waals surface area contributed by atoms with Gasteiger partial charge in [-0.2, -0.15) is 0 Å². The summed E-state index contributed by atoms with van der Waals surface area (Å²) in [5.74, 6) is 0. The Balaban J connectivity index is 2.43. The van der Waals surface area contributed by atoms with Crippen LogP contribution in [0.4, 0.5) is 0 Å². The molecule has 0 saturated heterocycles. The van der Waals surface area contributed by atoms with Gasteiger partial charge in [-0.25, -0.2) is 0 Å². The molecule has 1 atom stereocenters. The fourth-order valence-electron chi connectivity index (χ4n) is 1.89. The van der Waals surface area contributed by atoms with E-state index in [9.17, 15) is 0 Å². The second-order valence-corrected chi connectivity index (χ2v) is 4.67. The van der Waals surface area contributed by atoms with Crippen LogP contribution in [0.15, 0.2) is 37.1 Å². The van der Waals surface area contributed by atoms with Gasteiger partial charge in [0, 0.05) is 11.1 Å². The van der Waals surface area contributed by atoms with E-state index in [0.717, 1.165) is 37.4 Å². The van der Waals surface area contributed by atoms with E-state index in [1.807, 2.05) is 12.1 Å². The van der Waals surface area contributed by atoms with E-state index in [2.05, 4.69) is 31.0 Å². The van der Waals surface area contributed by atoms with Gasteiger partial charge >= 0.3 is 0 Å². The maximum Gasteiger partial charge on any atom is 0.0885 e. The molecule has 1 unspecified atom stereocenters. The minimum absolute atomic E-state index is 0.399. The molecule has 3 heteroatoms. The summed E-state index contributed by atoms with van der Waals surface area (Å²) in [6.07, 6.45) is 4.76. The van der Waals surface area contributed by atoms with E-state index >= 15 is 0 Å². The molecule has 0 aliphatic heterocycles. The van der Waals surface area contributed by atoms with Crippen molar-refractivity contribution in [3.05, 3.63) is 47.7 Å². The van der Waals surface area contributed by atoms with Gasteiger partial charge in [0.2, 0.25) is 0 Å². The number of ether oxygens (including phenoxy) is 1. The fourth-order valence-corrected chi connectivity index (χ4v) is 2.01. The summed E-state index contributed by atoms with van der Waals surface area (Å²) in [6, 6.07) is 8.48. The Morgan fingerprint density at radius 1 is 1.39 bits per heavy atom. The molecule has 1 aromatic rings. The second kappa shape index (κ2) is 9.01. The van der Waals surface area contributed by atoms with Crippen molar-refractivity contribution in [2.24, 2.45) is 0 Å². The topological polar surface area (TPSA) is 21.3 Å². The number of hydrogen-bond donors (Lipinski definition) is 1. The number of nitrogens with one attached hydrogen (secondary N) is 1. The van der Waals surface area contributed by atoms with Crippen molar-refractivity contribution in [2.45, 2.75) is 32.2 Å². The molecule has 100 valence electrons. The Labute approximate surface area is 115 Å². The minimum Gasteiger partial charge on any atom is -0.502 e. The van der Waals surface area contributed by atoms with Crippen LogP contribution in [0.3, 0.4) is 0 Å². The Bertz CT molecular complexity index is 337. The maximum atomic E-state index is 5.91. The van der Waals surface area contributed by atoms with Crippen LogP contribution >= 0.6 is 11.6 Å². The predicted molar refractivity (Wildman–Crippen MR) is 77.9 cm³/mol. The molecule has 0 saturated carbocycles. The molecule has 0 aliphatic carbocycles. The average Bonchev–Trinajstić information content (AvgIpc) is 2.38. The lowest BCUT2D eigenvalue weighted by atomic mass is 10.0. The fraction of sp³-hybridized carbons (Fsp3) is 0.467. The zero-order valence-corrected chi connectivity index (χ0v) is 11.7. The third-order valence-electron chi connectivity index (χ3n) is 2.80. The van der Waals surface area contributed by atoms with E-state index in [4.69, 9.17) is 16.3 Å². The van der Waals surface area contributed by atoms with Gasteiger partial charge in [-0.1, -0.05) is 43.7 Å². The molecule has 1 aromatic carbocycles. The van der Waals surface area contributed by atoms with E-state index in [0.29, 0.717) is 6.04 Å². The highest BCUT2D eigenvalue weighted by Gasteiger charge is 2.09. The zero-order chi connectivity index (χ0) is 13.2. The van der Waals surface area contributed by atoms with Crippen LogP contribution in [0, 0.1) is 0 Å².